The summed E-state index contributed by atoms with van der Waals surface area (Å²) < 4.78 is 48.9. The summed E-state index contributed by atoms with van der Waals surface area (Å²) >= 11 is -2.47. The van der Waals surface area contributed by atoms with Gasteiger partial charge in [-0.3, -0.25) is 19.4 Å². The van der Waals surface area contributed by atoms with Gasteiger partial charge >= 0.3 is 0 Å². The molecular weight excluding hydrogens is 346 g/mol. The van der Waals surface area contributed by atoms with Gasteiger partial charge in [0.25, 0.3) is 11.3 Å². The van der Waals surface area contributed by atoms with Gasteiger partial charge in [0.15, 0.2) is 0 Å². The zero-order valence-electron chi connectivity index (χ0n) is 12.0. The van der Waals surface area contributed by atoms with Crippen LogP contribution in [0.1, 0.15) is 22.8 Å². The van der Waals surface area contributed by atoms with Crippen molar-refractivity contribution in [2.45, 2.75) is 12.6 Å². The van der Waals surface area contributed by atoms with Crippen molar-refractivity contribution in [1.29, 1.82) is 0 Å². The zero-order valence-corrected chi connectivity index (χ0v) is 12.8. The van der Waals surface area contributed by atoms with Gasteiger partial charge in [-0.2, -0.15) is 0 Å². The molecule has 2 aromatic carbocycles. The molecule has 3 N–H and O–H groups in total. The van der Waals surface area contributed by atoms with Crippen LogP contribution < -0.4 is 4.72 Å². The molecule has 0 heterocycles. The first-order chi connectivity index (χ1) is 11.3. The molecule has 2 unspecified atom stereocenters. The standard InChI is InChI=1S/C14H12F2N2O5S/c15-9-2-3-10(12(16)6-9)14(19)11-5-8(7-18(20)21)1-4-13(11)17-24(22)23/h1-6,14,17,19H,7H2,(H,22,23). The largest absolute Gasteiger partial charge is 0.383 e. The van der Waals surface area contributed by atoms with Crippen molar-refractivity contribution < 1.29 is 27.6 Å². The molecule has 0 radical (unpaired) electrons. The van der Waals surface area contributed by atoms with Gasteiger partial charge in [0.2, 0.25) is 6.54 Å². The number of hydrogen-bond acceptors (Lipinski definition) is 4. The maximum absolute atomic E-state index is 13.9. The summed E-state index contributed by atoms with van der Waals surface area (Å²) in [6.07, 6.45) is -1.62. The minimum absolute atomic E-state index is 0.0147. The summed E-state index contributed by atoms with van der Waals surface area (Å²) in [5, 5.41) is 21.0. The molecule has 10 heteroatoms. The zero-order chi connectivity index (χ0) is 17.9. The lowest BCUT2D eigenvalue weighted by molar-refractivity contribution is -0.496. The Labute approximate surface area is 137 Å². The fraction of sp³-hybridized carbons (Fsp3) is 0.143. The Bertz CT molecular complexity index is 803. The van der Waals surface area contributed by atoms with Crippen LogP contribution in [0, 0.1) is 21.7 Å². The van der Waals surface area contributed by atoms with Gasteiger partial charge in [0.1, 0.15) is 17.7 Å². The van der Waals surface area contributed by atoms with Crippen LogP contribution in [-0.4, -0.2) is 18.8 Å². The molecule has 2 rings (SSSR count). The second-order valence-electron chi connectivity index (χ2n) is 4.83. The third kappa shape index (κ3) is 4.31. The van der Waals surface area contributed by atoms with Crippen molar-refractivity contribution in [2.24, 2.45) is 0 Å². The first-order valence-electron chi connectivity index (χ1n) is 6.53. The highest BCUT2D eigenvalue weighted by molar-refractivity contribution is 7.80. The first-order valence-corrected chi connectivity index (χ1v) is 7.63. The van der Waals surface area contributed by atoms with Crippen LogP contribution in [0.25, 0.3) is 0 Å². The van der Waals surface area contributed by atoms with Crippen LogP contribution in [0.3, 0.4) is 0 Å². The topological polar surface area (TPSA) is 113 Å². The fourth-order valence-corrected chi connectivity index (χ4v) is 2.54. The second kappa shape index (κ2) is 7.43. The van der Waals surface area contributed by atoms with E-state index in [1.54, 1.807) is 0 Å². The lowest BCUT2D eigenvalue weighted by atomic mass is 9.97. The van der Waals surface area contributed by atoms with E-state index in [-0.39, 0.29) is 22.4 Å². The van der Waals surface area contributed by atoms with Crippen molar-refractivity contribution in [3.8, 4) is 0 Å². The van der Waals surface area contributed by atoms with Crippen LogP contribution in [-0.2, 0) is 17.8 Å². The molecule has 0 fully saturated rings. The molecule has 0 aliphatic heterocycles. The van der Waals surface area contributed by atoms with Gasteiger partial charge in [-0.15, -0.1) is 0 Å². The summed E-state index contributed by atoms with van der Waals surface area (Å²) in [6, 6.07) is 6.35. The molecule has 0 aliphatic carbocycles. The SMILES string of the molecule is O=[N+]([O-])Cc1ccc(NS(=O)O)c(C(O)c2ccc(F)cc2F)c1. The monoisotopic (exact) mass is 358 g/mol. The molecule has 0 aromatic heterocycles. The van der Waals surface area contributed by atoms with Crippen molar-refractivity contribution >= 4 is 17.0 Å². The normalized spacial score (nSPS) is 13.3. The van der Waals surface area contributed by atoms with Crippen LogP contribution in [0.15, 0.2) is 36.4 Å². The van der Waals surface area contributed by atoms with E-state index in [2.05, 4.69) is 4.72 Å². The van der Waals surface area contributed by atoms with Crippen LogP contribution >= 0.6 is 0 Å². The Morgan fingerprint density at radius 1 is 1.21 bits per heavy atom. The number of nitro groups is 1. The molecule has 2 atom stereocenters. The highest BCUT2D eigenvalue weighted by atomic mass is 32.2. The van der Waals surface area contributed by atoms with Gasteiger partial charge in [-0.05, 0) is 18.2 Å². The highest BCUT2D eigenvalue weighted by Gasteiger charge is 2.21. The maximum atomic E-state index is 13.9. The van der Waals surface area contributed by atoms with E-state index in [0.29, 0.717) is 6.07 Å². The Morgan fingerprint density at radius 2 is 1.92 bits per heavy atom. The number of benzene rings is 2. The fourth-order valence-electron chi connectivity index (χ4n) is 2.16. The Morgan fingerprint density at radius 3 is 2.50 bits per heavy atom. The van der Waals surface area contributed by atoms with Crippen LogP contribution in [0.2, 0.25) is 0 Å². The minimum atomic E-state index is -2.47. The number of aliphatic hydroxyl groups is 1. The van der Waals surface area contributed by atoms with E-state index >= 15 is 0 Å². The predicted octanol–water partition coefficient (Wildman–Crippen LogP) is 2.37. The summed E-state index contributed by atoms with van der Waals surface area (Å²) in [5.74, 6) is -1.85. The van der Waals surface area contributed by atoms with Crippen LogP contribution in [0.4, 0.5) is 14.5 Å². The third-order valence-corrected chi connectivity index (χ3v) is 3.57. The van der Waals surface area contributed by atoms with E-state index in [0.717, 1.165) is 12.1 Å². The van der Waals surface area contributed by atoms with Gasteiger partial charge < -0.3 is 5.11 Å². The van der Waals surface area contributed by atoms with E-state index in [1.165, 1.54) is 18.2 Å². The van der Waals surface area contributed by atoms with E-state index in [1.807, 2.05) is 0 Å². The van der Waals surface area contributed by atoms with E-state index in [4.69, 9.17) is 4.55 Å². The molecule has 128 valence electrons. The molecule has 24 heavy (non-hydrogen) atoms. The minimum Gasteiger partial charge on any atom is -0.383 e. The van der Waals surface area contributed by atoms with Gasteiger partial charge in [-0.1, -0.05) is 12.1 Å². The molecule has 0 saturated heterocycles. The van der Waals surface area contributed by atoms with E-state index in [9.17, 15) is 28.2 Å². The molecular formula is C14H12F2N2O5S. The molecule has 7 nitrogen and oxygen atoms in total. The third-order valence-electron chi connectivity index (χ3n) is 3.18. The highest BCUT2D eigenvalue weighted by Crippen LogP contribution is 2.31. The molecule has 0 amide bonds. The Balaban J connectivity index is 2.50. The predicted molar refractivity (Wildman–Crippen MR) is 82.0 cm³/mol. The first kappa shape index (κ1) is 17.9. The lowest BCUT2D eigenvalue weighted by Crippen LogP contribution is -2.11. The number of hydrogen-bond donors (Lipinski definition) is 3. The van der Waals surface area contributed by atoms with E-state index < -0.39 is 40.5 Å². The van der Waals surface area contributed by atoms with Crippen molar-refractivity contribution in [3.63, 3.8) is 0 Å². The van der Waals surface area contributed by atoms with Gasteiger partial charge in [-0.25, -0.2) is 13.0 Å². The maximum Gasteiger partial charge on any atom is 0.259 e. The van der Waals surface area contributed by atoms with Crippen molar-refractivity contribution in [3.05, 3.63) is 74.8 Å². The summed E-state index contributed by atoms with van der Waals surface area (Å²) in [7, 11) is 0. The van der Waals surface area contributed by atoms with Crippen molar-refractivity contribution in [2.75, 3.05) is 4.72 Å². The summed E-state index contributed by atoms with van der Waals surface area (Å²) in [5.41, 5.74) is -0.145. The number of anilines is 1. The number of aliphatic hydroxyl groups excluding tert-OH is 1. The van der Waals surface area contributed by atoms with Crippen LogP contribution in [0.5, 0.6) is 0 Å². The molecule has 0 saturated carbocycles. The average Bonchev–Trinajstić information content (AvgIpc) is 2.47. The molecule has 2 aromatic rings. The lowest BCUT2D eigenvalue weighted by Gasteiger charge is -2.17. The van der Waals surface area contributed by atoms with Gasteiger partial charge in [0, 0.05) is 27.7 Å². The number of halogens is 2. The summed E-state index contributed by atoms with van der Waals surface area (Å²) in [4.78, 5) is 10.0. The average molecular weight is 358 g/mol. The molecule has 0 spiro atoms. The van der Waals surface area contributed by atoms with Crippen molar-refractivity contribution in [1.82, 2.24) is 0 Å². The number of nitrogens with zero attached hydrogens (tertiary/aromatic N) is 1. The quantitative estimate of drug-likeness (QED) is 0.417. The summed E-state index contributed by atoms with van der Waals surface area (Å²) in [6.45, 7) is -0.548. The Kier molecular flexibility index (Phi) is 5.54. The second-order valence-corrected chi connectivity index (χ2v) is 5.53. The molecule has 0 aliphatic rings. The Hall–Kier alpha value is -2.43. The number of nitrogens with one attached hydrogen (secondary N) is 1. The molecule has 0 bridgehead atoms. The number of rotatable bonds is 6. The van der Waals surface area contributed by atoms with Gasteiger partial charge in [0.05, 0.1) is 5.69 Å². The smallest absolute Gasteiger partial charge is 0.259 e.